The maximum atomic E-state index is 5.32. The molecule has 112 valence electrons. The van der Waals surface area contributed by atoms with Gasteiger partial charge in [0.05, 0.1) is 25.3 Å². The van der Waals surface area contributed by atoms with Gasteiger partial charge in [0.2, 0.25) is 0 Å². The third-order valence-electron chi connectivity index (χ3n) is 3.65. The summed E-state index contributed by atoms with van der Waals surface area (Å²) in [6.45, 7) is 0. The normalized spacial score (nSPS) is 11.2. The maximum absolute atomic E-state index is 5.32. The van der Waals surface area contributed by atoms with Crippen LogP contribution in [0.3, 0.4) is 0 Å². The van der Waals surface area contributed by atoms with Crippen molar-refractivity contribution in [2.45, 2.75) is 0 Å². The van der Waals surface area contributed by atoms with Gasteiger partial charge >= 0.3 is 0 Å². The largest absolute Gasteiger partial charge is 0.493 e. The number of nitrogens with zero attached hydrogens (tertiary/aromatic N) is 2. The van der Waals surface area contributed by atoms with Crippen LogP contribution in [-0.4, -0.2) is 23.8 Å². The zero-order valence-electron chi connectivity index (χ0n) is 12.9. The van der Waals surface area contributed by atoms with Crippen LogP contribution in [0.4, 0.5) is 0 Å². The highest BCUT2D eigenvalue weighted by Crippen LogP contribution is 2.28. The van der Waals surface area contributed by atoms with E-state index in [0.717, 1.165) is 33.9 Å². The van der Waals surface area contributed by atoms with Crippen molar-refractivity contribution in [2.75, 3.05) is 14.2 Å². The average Bonchev–Trinajstić information content (AvgIpc) is 2.89. The minimum absolute atomic E-state index is 0.717. The Kier molecular flexibility index (Phi) is 3.83. The van der Waals surface area contributed by atoms with E-state index in [-0.39, 0.29) is 0 Å². The van der Waals surface area contributed by atoms with Crippen LogP contribution in [0, 0.1) is 0 Å². The molecular weight excluding hydrogens is 276 g/mol. The van der Waals surface area contributed by atoms with Crippen LogP contribution in [0.15, 0.2) is 42.5 Å². The second-order valence-electron chi connectivity index (χ2n) is 4.97. The molecule has 3 rings (SSSR count). The summed E-state index contributed by atoms with van der Waals surface area (Å²) in [7, 11) is 5.28. The Labute approximate surface area is 129 Å². The highest BCUT2D eigenvalue weighted by atomic mass is 16.5. The first-order valence-corrected chi connectivity index (χ1v) is 7.04. The van der Waals surface area contributed by atoms with Gasteiger partial charge in [-0.1, -0.05) is 24.3 Å². The van der Waals surface area contributed by atoms with E-state index in [1.165, 1.54) is 0 Å². The van der Waals surface area contributed by atoms with Gasteiger partial charge in [-0.25, -0.2) is 4.98 Å². The van der Waals surface area contributed by atoms with Gasteiger partial charge in [-0.2, -0.15) is 0 Å². The lowest BCUT2D eigenvalue weighted by molar-refractivity contribution is 0.355. The number of methoxy groups -OCH3 is 2. The van der Waals surface area contributed by atoms with Crippen molar-refractivity contribution in [2.24, 2.45) is 7.05 Å². The molecule has 0 saturated heterocycles. The monoisotopic (exact) mass is 294 g/mol. The smallest absolute Gasteiger partial charge is 0.161 e. The summed E-state index contributed by atoms with van der Waals surface area (Å²) in [6.07, 6.45) is 4.02. The van der Waals surface area contributed by atoms with Crippen molar-refractivity contribution < 1.29 is 9.47 Å². The second-order valence-corrected chi connectivity index (χ2v) is 4.97. The Morgan fingerprint density at radius 2 is 1.73 bits per heavy atom. The van der Waals surface area contributed by atoms with Crippen LogP contribution in [0.2, 0.25) is 0 Å². The lowest BCUT2D eigenvalue weighted by atomic mass is 10.2. The molecule has 4 nitrogen and oxygen atoms in total. The first kappa shape index (κ1) is 14.2. The average molecular weight is 294 g/mol. The van der Waals surface area contributed by atoms with Crippen LogP contribution < -0.4 is 9.47 Å². The summed E-state index contributed by atoms with van der Waals surface area (Å²) in [5.74, 6) is 2.35. The third kappa shape index (κ3) is 2.55. The van der Waals surface area contributed by atoms with Gasteiger partial charge in [-0.05, 0) is 35.9 Å². The van der Waals surface area contributed by atoms with E-state index in [9.17, 15) is 0 Å². The summed E-state index contributed by atoms with van der Waals surface area (Å²) in [4.78, 5) is 4.62. The third-order valence-corrected chi connectivity index (χ3v) is 3.65. The van der Waals surface area contributed by atoms with Gasteiger partial charge < -0.3 is 14.0 Å². The molecule has 0 unspecified atom stereocenters. The summed E-state index contributed by atoms with van der Waals surface area (Å²) >= 11 is 0. The molecular formula is C18H18N2O2. The first-order chi connectivity index (χ1) is 10.7. The van der Waals surface area contributed by atoms with E-state index in [2.05, 4.69) is 15.6 Å². The topological polar surface area (TPSA) is 36.3 Å². The fourth-order valence-corrected chi connectivity index (χ4v) is 2.44. The summed E-state index contributed by atoms with van der Waals surface area (Å²) in [5, 5.41) is 0. The van der Waals surface area contributed by atoms with Crippen molar-refractivity contribution in [1.29, 1.82) is 0 Å². The second kappa shape index (κ2) is 5.93. The SMILES string of the molecule is COc1ccc(C=Cc2nc3ccccc3n2C)cc1OC. The van der Waals surface area contributed by atoms with Crippen LogP contribution in [0.25, 0.3) is 23.2 Å². The molecule has 3 aromatic rings. The quantitative estimate of drug-likeness (QED) is 0.735. The fraction of sp³-hybridized carbons (Fsp3) is 0.167. The van der Waals surface area contributed by atoms with Crippen LogP contribution >= 0.6 is 0 Å². The van der Waals surface area contributed by atoms with Gasteiger partial charge in [-0.3, -0.25) is 0 Å². The van der Waals surface area contributed by atoms with Crippen molar-refractivity contribution in [3.05, 3.63) is 53.9 Å². The number of ether oxygens (including phenoxy) is 2. The van der Waals surface area contributed by atoms with Gasteiger partial charge in [0.15, 0.2) is 11.5 Å². The van der Waals surface area contributed by atoms with Crippen molar-refractivity contribution >= 4 is 23.2 Å². The molecule has 0 N–H and O–H groups in total. The summed E-state index contributed by atoms with van der Waals surface area (Å²) in [5.41, 5.74) is 3.15. The highest BCUT2D eigenvalue weighted by molar-refractivity contribution is 5.79. The molecule has 0 bridgehead atoms. The van der Waals surface area contributed by atoms with E-state index in [0.29, 0.717) is 0 Å². The Bertz CT molecular complexity index is 834. The molecule has 0 amide bonds. The molecule has 1 heterocycles. The molecule has 0 aliphatic carbocycles. The minimum Gasteiger partial charge on any atom is -0.493 e. The number of benzene rings is 2. The Morgan fingerprint density at radius 3 is 2.45 bits per heavy atom. The maximum Gasteiger partial charge on any atom is 0.161 e. The number of rotatable bonds is 4. The van der Waals surface area contributed by atoms with Crippen molar-refractivity contribution in [3.63, 3.8) is 0 Å². The lowest BCUT2D eigenvalue weighted by Gasteiger charge is -2.07. The molecule has 2 aromatic carbocycles. The van der Waals surface area contributed by atoms with E-state index in [4.69, 9.17) is 9.47 Å². The Morgan fingerprint density at radius 1 is 0.955 bits per heavy atom. The molecule has 1 aromatic heterocycles. The van der Waals surface area contributed by atoms with Gasteiger partial charge in [-0.15, -0.1) is 0 Å². The number of hydrogen-bond acceptors (Lipinski definition) is 3. The lowest BCUT2D eigenvalue weighted by Crippen LogP contribution is -1.91. The molecule has 0 aliphatic rings. The molecule has 0 aliphatic heterocycles. The number of imidazole rings is 1. The molecule has 4 heteroatoms. The van der Waals surface area contributed by atoms with Crippen LogP contribution in [0.5, 0.6) is 11.5 Å². The molecule has 0 spiro atoms. The van der Waals surface area contributed by atoms with E-state index < -0.39 is 0 Å². The molecule has 22 heavy (non-hydrogen) atoms. The molecule has 0 atom stereocenters. The number of hydrogen-bond donors (Lipinski definition) is 0. The number of aryl methyl sites for hydroxylation is 1. The van der Waals surface area contributed by atoms with Crippen LogP contribution in [0.1, 0.15) is 11.4 Å². The summed E-state index contributed by atoms with van der Waals surface area (Å²) < 4.78 is 12.6. The summed E-state index contributed by atoms with van der Waals surface area (Å²) in [6, 6.07) is 13.9. The van der Waals surface area contributed by atoms with Crippen molar-refractivity contribution in [1.82, 2.24) is 9.55 Å². The van der Waals surface area contributed by atoms with Gasteiger partial charge in [0.1, 0.15) is 5.82 Å². The number of aromatic nitrogens is 2. The van der Waals surface area contributed by atoms with E-state index in [1.807, 2.05) is 55.6 Å². The van der Waals surface area contributed by atoms with E-state index >= 15 is 0 Å². The number of fused-ring (bicyclic) bond motifs is 1. The standard InChI is InChI=1S/C18H18N2O2/c1-20-15-7-5-4-6-14(15)19-18(20)11-9-13-8-10-16(21-2)17(12-13)22-3/h4-12H,1-3H3. The predicted octanol–water partition coefficient (Wildman–Crippen LogP) is 3.76. The first-order valence-electron chi connectivity index (χ1n) is 7.04. The fourth-order valence-electron chi connectivity index (χ4n) is 2.44. The minimum atomic E-state index is 0.717. The van der Waals surface area contributed by atoms with Crippen molar-refractivity contribution in [3.8, 4) is 11.5 Å². The predicted molar refractivity (Wildman–Crippen MR) is 89.2 cm³/mol. The van der Waals surface area contributed by atoms with E-state index in [1.54, 1.807) is 14.2 Å². The van der Waals surface area contributed by atoms with Gasteiger partial charge in [0, 0.05) is 7.05 Å². The zero-order valence-corrected chi connectivity index (χ0v) is 12.9. The van der Waals surface area contributed by atoms with Gasteiger partial charge in [0.25, 0.3) is 0 Å². The Hall–Kier alpha value is -2.75. The van der Waals surface area contributed by atoms with Crippen LogP contribution in [-0.2, 0) is 7.05 Å². The highest BCUT2D eigenvalue weighted by Gasteiger charge is 2.05. The number of para-hydroxylation sites is 2. The molecule has 0 radical (unpaired) electrons. The molecule has 0 saturated carbocycles. The molecule has 0 fully saturated rings. The zero-order chi connectivity index (χ0) is 15.5. The Balaban J connectivity index is 1.94.